The van der Waals surface area contributed by atoms with E-state index in [0.717, 1.165) is 13.8 Å². The maximum absolute atomic E-state index is 13.7. The molecule has 0 saturated heterocycles. The molecule has 18 heavy (non-hydrogen) atoms. The Balaban J connectivity index is 3.46. The molecule has 0 aromatic heterocycles. The fourth-order valence-corrected chi connectivity index (χ4v) is 1.50. The molecule has 0 unspecified atom stereocenters. The Morgan fingerprint density at radius 1 is 1.17 bits per heavy atom. The minimum Gasteiger partial charge on any atom is -0.300 e. The summed E-state index contributed by atoms with van der Waals surface area (Å²) in [5.74, 6) is -2.36. The molecule has 98 valence electrons. The first kappa shape index (κ1) is 14.3. The molecule has 0 atom stereocenters. The average molecular weight is 262 g/mol. The van der Waals surface area contributed by atoms with Crippen LogP contribution in [0, 0.1) is 5.82 Å². The average Bonchev–Trinajstić information content (AvgIpc) is 2.18. The summed E-state index contributed by atoms with van der Waals surface area (Å²) in [5.41, 5.74) is -2.20. The number of Topliss-reactive ketones (excluding diaryl/α,β-unsaturated/α-hetero) is 2. The Bertz CT molecular complexity index is 504. The van der Waals surface area contributed by atoms with E-state index in [2.05, 4.69) is 0 Å². The molecule has 0 aliphatic heterocycles. The fourth-order valence-electron chi connectivity index (χ4n) is 1.50. The van der Waals surface area contributed by atoms with Gasteiger partial charge < -0.3 is 0 Å². The highest BCUT2D eigenvalue weighted by Crippen LogP contribution is 2.32. The van der Waals surface area contributed by atoms with Crippen molar-refractivity contribution in [2.45, 2.75) is 26.4 Å². The molecular weight excluding hydrogens is 252 g/mol. The van der Waals surface area contributed by atoms with Crippen LogP contribution in [0.4, 0.5) is 17.6 Å². The standard InChI is InChI=1S/C12H10F4O2/c1-6(17)3-8-4-9(12(14,15)16)5-10(7(2)18)11(8)13/h4-5H,3H2,1-2H3. The zero-order valence-corrected chi connectivity index (χ0v) is 9.69. The van der Waals surface area contributed by atoms with Gasteiger partial charge in [0, 0.05) is 6.42 Å². The van der Waals surface area contributed by atoms with Crippen molar-refractivity contribution in [3.8, 4) is 0 Å². The summed E-state index contributed by atoms with van der Waals surface area (Å²) in [6.07, 6.45) is -5.17. The van der Waals surface area contributed by atoms with Crippen molar-refractivity contribution in [2.75, 3.05) is 0 Å². The molecule has 0 bridgehead atoms. The van der Waals surface area contributed by atoms with Crippen LogP contribution in [-0.2, 0) is 17.4 Å². The van der Waals surface area contributed by atoms with Gasteiger partial charge >= 0.3 is 6.18 Å². The number of alkyl halides is 3. The van der Waals surface area contributed by atoms with Gasteiger partial charge in [0.25, 0.3) is 0 Å². The van der Waals surface area contributed by atoms with Crippen LogP contribution in [0.1, 0.15) is 35.3 Å². The first-order valence-corrected chi connectivity index (χ1v) is 5.03. The highest BCUT2D eigenvalue weighted by molar-refractivity contribution is 5.95. The van der Waals surface area contributed by atoms with Crippen LogP contribution in [0.15, 0.2) is 12.1 Å². The molecule has 1 aromatic carbocycles. The van der Waals surface area contributed by atoms with E-state index in [0.29, 0.717) is 12.1 Å². The van der Waals surface area contributed by atoms with E-state index in [-0.39, 0.29) is 0 Å². The van der Waals surface area contributed by atoms with E-state index in [9.17, 15) is 27.2 Å². The quantitative estimate of drug-likeness (QED) is 0.619. The van der Waals surface area contributed by atoms with Crippen molar-refractivity contribution in [3.63, 3.8) is 0 Å². The van der Waals surface area contributed by atoms with Crippen LogP contribution < -0.4 is 0 Å². The Labute approximate surface area is 101 Å². The van der Waals surface area contributed by atoms with Gasteiger partial charge in [0.05, 0.1) is 11.1 Å². The van der Waals surface area contributed by atoms with Gasteiger partial charge in [-0.3, -0.25) is 9.59 Å². The second-order valence-corrected chi connectivity index (χ2v) is 3.93. The maximum atomic E-state index is 13.7. The Morgan fingerprint density at radius 2 is 1.72 bits per heavy atom. The molecule has 0 heterocycles. The minimum absolute atomic E-state index is 0.414. The first-order chi connectivity index (χ1) is 8.12. The molecule has 0 spiro atoms. The minimum atomic E-state index is -4.69. The Morgan fingerprint density at radius 3 is 2.11 bits per heavy atom. The van der Waals surface area contributed by atoms with Crippen LogP contribution in [0.3, 0.4) is 0 Å². The van der Waals surface area contributed by atoms with Gasteiger partial charge in [-0.2, -0.15) is 13.2 Å². The molecule has 0 aliphatic carbocycles. The lowest BCUT2D eigenvalue weighted by atomic mass is 9.99. The molecular formula is C12H10F4O2. The first-order valence-electron chi connectivity index (χ1n) is 5.03. The number of benzene rings is 1. The summed E-state index contributed by atoms with van der Waals surface area (Å²) in [6, 6.07) is 1.02. The predicted molar refractivity (Wildman–Crippen MR) is 55.8 cm³/mol. The molecule has 0 aliphatic rings. The van der Waals surface area contributed by atoms with Gasteiger partial charge in [-0.15, -0.1) is 0 Å². The molecule has 0 saturated carbocycles. The van der Waals surface area contributed by atoms with Gasteiger partial charge in [0.2, 0.25) is 0 Å². The third-order valence-electron chi connectivity index (χ3n) is 2.29. The number of hydrogen-bond donors (Lipinski definition) is 0. The normalized spacial score (nSPS) is 11.4. The largest absolute Gasteiger partial charge is 0.416 e. The van der Waals surface area contributed by atoms with Crippen LogP contribution in [-0.4, -0.2) is 11.6 Å². The zero-order chi connectivity index (χ0) is 14.1. The van der Waals surface area contributed by atoms with E-state index in [1.165, 1.54) is 0 Å². The molecule has 1 rings (SSSR count). The summed E-state index contributed by atoms with van der Waals surface area (Å²) in [5, 5.41) is 0. The van der Waals surface area contributed by atoms with Gasteiger partial charge in [-0.05, 0) is 31.5 Å². The summed E-state index contributed by atoms with van der Waals surface area (Å²) in [6.45, 7) is 2.10. The van der Waals surface area contributed by atoms with Crippen molar-refractivity contribution < 1.29 is 27.2 Å². The summed E-state index contributed by atoms with van der Waals surface area (Å²) in [7, 11) is 0. The van der Waals surface area contributed by atoms with Crippen molar-refractivity contribution in [2.24, 2.45) is 0 Å². The molecule has 1 aromatic rings. The van der Waals surface area contributed by atoms with Gasteiger partial charge in [-0.1, -0.05) is 0 Å². The van der Waals surface area contributed by atoms with E-state index < -0.39 is 46.7 Å². The van der Waals surface area contributed by atoms with Gasteiger partial charge in [0.1, 0.15) is 11.6 Å². The van der Waals surface area contributed by atoms with Crippen molar-refractivity contribution in [3.05, 3.63) is 34.6 Å². The predicted octanol–water partition coefficient (Wildman–Crippen LogP) is 3.18. The third kappa shape index (κ3) is 3.15. The Kier molecular flexibility index (Phi) is 3.88. The molecule has 0 N–H and O–H groups in total. The number of halogens is 4. The van der Waals surface area contributed by atoms with E-state index in [1.54, 1.807) is 0 Å². The van der Waals surface area contributed by atoms with Gasteiger partial charge in [-0.25, -0.2) is 4.39 Å². The smallest absolute Gasteiger partial charge is 0.300 e. The number of rotatable bonds is 3. The second-order valence-electron chi connectivity index (χ2n) is 3.93. The monoisotopic (exact) mass is 262 g/mol. The molecule has 0 fully saturated rings. The third-order valence-corrected chi connectivity index (χ3v) is 2.29. The topological polar surface area (TPSA) is 34.1 Å². The highest BCUT2D eigenvalue weighted by atomic mass is 19.4. The van der Waals surface area contributed by atoms with Crippen LogP contribution in [0.5, 0.6) is 0 Å². The van der Waals surface area contributed by atoms with Crippen molar-refractivity contribution in [1.29, 1.82) is 0 Å². The number of ketones is 2. The zero-order valence-electron chi connectivity index (χ0n) is 9.69. The number of hydrogen-bond acceptors (Lipinski definition) is 2. The number of carbonyl (C=O) groups is 2. The second kappa shape index (κ2) is 4.88. The number of carbonyl (C=O) groups excluding carboxylic acids is 2. The van der Waals surface area contributed by atoms with Gasteiger partial charge in [0.15, 0.2) is 5.78 Å². The van der Waals surface area contributed by atoms with E-state index in [4.69, 9.17) is 0 Å². The van der Waals surface area contributed by atoms with E-state index >= 15 is 0 Å². The van der Waals surface area contributed by atoms with Crippen LogP contribution in [0.2, 0.25) is 0 Å². The van der Waals surface area contributed by atoms with Crippen LogP contribution in [0.25, 0.3) is 0 Å². The Hall–Kier alpha value is -1.72. The highest BCUT2D eigenvalue weighted by Gasteiger charge is 2.33. The SMILES string of the molecule is CC(=O)Cc1cc(C(F)(F)F)cc(C(C)=O)c1F. The summed E-state index contributed by atoms with van der Waals surface area (Å²) < 4.78 is 51.4. The summed E-state index contributed by atoms with van der Waals surface area (Å²) >= 11 is 0. The maximum Gasteiger partial charge on any atom is 0.416 e. The van der Waals surface area contributed by atoms with Crippen LogP contribution >= 0.6 is 0 Å². The molecule has 0 radical (unpaired) electrons. The molecule has 0 amide bonds. The molecule has 6 heteroatoms. The van der Waals surface area contributed by atoms with E-state index in [1.807, 2.05) is 0 Å². The molecule has 2 nitrogen and oxygen atoms in total. The lowest BCUT2D eigenvalue weighted by molar-refractivity contribution is -0.137. The lowest BCUT2D eigenvalue weighted by Gasteiger charge is -2.12. The van der Waals surface area contributed by atoms with Crippen molar-refractivity contribution in [1.82, 2.24) is 0 Å². The fraction of sp³-hybridized carbons (Fsp3) is 0.333. The summed E-state index contributed by atoms with van der Waals surface area (Å²) in [4.78, 5) is 22.0. The van der Waals surface area contributed by atoms with Crippen molar-refractivity contribution >= 4 is 11.6 Å². The lowest BCUT2D eigenvalue weighted by Crippen LogP contribution is -2.12.